The van der Waals surface area contributed by atoms with Crippen LogP contribution in [0.15, 0.2) is 36.4 Å². The van der Waals surface area contributed by atoms with E-state index in [9.17, 15) is 9.59 Å². The summed E-state index contributed by atoms with van der Waals surface area (Å²) in [4.78, 5) is 25.9. The van der Waals surface area contributed by atoms with Crippen LogP contribution in [-0.2, 0) is 9.59 Å². The zero-order chi connectivity index (χ0) is 15.4. The molecule has 0 aromatic heterocycles. The number of hydrogen-bond donors (Lipinski definition) is 1. The predicted octanol–water partition coefficient (Wildman–Crippen LogP) is 3.50. The van der Waals surface area contributed by atoms with E-state index in [-0.39, 0.29) is 11.8 Å². The van der Waals surface area contributed by atoms with Crippen LogP contribution in [-0.4, -0.2) is 18.4 Å². The number of carbonyl (C=O) groups excluding carboxylic acids is 2. The highest BCUT2D eigenvalue weighted by Gasteiger charge is 2.20. The number of amides is 2. The van der Waals surface area contributed by atoms with E-state index in [1.807, 2.05) is 29.2 Å². The van der Waals surface area contributed by atoms with Crippen LogP contribution in [0.4, 0.5) is 11.4 Å². The molecule has 1 aliphatic carbocycles. The number of nitrogens with zero attached hydrogens (tertiary/aromatic N) is 1. The van der Waals surface area contributed by atoms with Crippen molar-refractivity contribution < 1.29 is 9.59 Å². The number of piperidine rings is 1. The van der Waals surface area contributed by atoms with Gasteiger partial charge in [0.2, 0.25) is 11.8 Å². The second kappa shape index (κ2) is 6.77. The Morgan fingerprint density at radius 1 is 1.32 bits per heavy atom. The van der Waals surface area contributed by atoms with Gasteiger partial charge in [0.1, 0.15) is 0 Å². The Bertz CT molecular complexity index is 595. The lowest BCUT2D eigenvalue weighted by atomic mass is 10.0. The molecule has 1 heterocycles. The third-order valence-electron chi connectivity index (χ3n) is 4.32. The largest absolute Gasteiger partial charge is 0.326 e. The van der Waals surface area contributed by atoms with Crippen LogP contribution in [0, 0.1) is 5.92 Å². The molecule has 1 unspecified atom stereocenters. The fraction of sp³-hybridized carbons (Fsp3) is 0.444. The fourth-order valence-electron chi connectivity index (χ4n) is 3.15. The molecule has 22 heavy (non-hydrogen) atoms. The van der Waals surface area contributed by atoms with Gasteiger partial charge in [0.25, 0.3) is 0 Å². The first kappa shape index (κ1) is 14.8. The molecule has 1 fully saturated rings. The van der Waals surface area contributed by atoms with E-state index in [0.717, 1.165) is 43.6 Å². The van der Waals surface area contributed by atoms with Gasteiger partial charge in [0, 0.05) is 30.8 Å². The molecule has 1 aromatic carbocycles. The maximum atomic E-state index is 12.1. The number of allylic oxidation sites excluding steroid dienone is 2. The van der Waals surface area contributed by atoms with Gasteiger partial charge in [-0.2, -0.15) is 0 Å². The average Bonchev–Trinajstić information content (AvgIpc) is 3.00. The van der Waals surface area contributed by atoms with Gasteiger partial charge in [-0.1, -0.05) is 18.2 Å². The molecule has 1 aliphatic heterocycles. The van der Waals surface area contributed by atoms with Gasteiger partial charge in [0.05, 0.1) is 0 Å². The van der Waals surface area contributed by atoms with Crippen LogP contribution in [0.2, 0.25) is 0 Å². The molecule has 116 valence electrons. The normalized spacial score (nSPS) is 21.2. The van der Waals surface area contributed by atoms with Crippen LogP contribution in [0.1, 0.15) is 38.5 Å². The number of benzene rings is 1. The molecule has 1 saturated heterocycles. The number of hydrogen-bond acceptors (Lipinski definition) is 2. The number of anilines is 2. The minimum absolute atomic E-state index is 0.0404. The van der Waals surface area contributed by atoms with Crippen molar-refractivity contribution in [1.29, 1.82) is 0 Å². The Balaban J connectivity index is 1.64. The highest BCUT2D eigenvalue weighted by Crippen LogP contribution is 2.25. The highest BCUT2D eigenvalue weighted by molar-refractivity contribution is 5.96. The quantitative estimate of drug-likeness (QED) is 0.865. The molecule has 1 N–H and O–H groups in total. The summed E-state index contributed by atoms with van der Waals surface area (Å²) in [6.45, 7) is 0.767. The Hall–Kier alpha value is -2.10. The van der Waals surface area contributed by atoms with E-state index in [4.69, 9.17) is 0 Å². The second-order valence-electron chi connectivity index (χ2n) is 6.07. The van der Waals surface area contributed by atoms with E-state index in [0.29, 0.717) is 18.8 Å². The summed E-state index contributed by atoms with van der Waals surface area (Å²) in [7, 11) is 0. The van der Waals surface area contributed by atoms with Gasteiger partial charge in [-0.15, -0.1) is 0 Å². The van der Waals surface area contributed by atoms with Crippen molar-refractivity contribution >= 4 is 23.2 Å². The molecule has 3 rings (SSSR count). The van der Waals surface area contributed by atoms with E-state index >= 15 is 0 Å². The topological polar surface area (TPSA) is 49.4 Å². The third kappa shape index (κ3) is 3.56. The van der Waals surface area contributed by atoms with Crippen molar-refractivity contribution in [2.24, 2.45) is 5.92 Å². The highest BCUT2D eigenvalue weighted by atomic mass is 16.2. The average molecular weight is 298 g/mol. The van der Waals surface area contributed by atoms with Crippen LogP contribution in [0.5, 0.6) is 0 Å². The summed E-state index contributed by atoms with van der Waals surface area (Å²) in [6.07, 6.45) is 9.56. The third-order valence-corrected chi connectivity index (χ3v) is 4.32. The fourth-order valence-corrected chi connectivity index (χ4v) is 3.15. The van der Waals surface area contributed by atoms with Crippen LogP contribution < -0.4 is 10.2 Å². The first-order valence-corrected chi connectivity index (χ1v) is 8.09. The van der Waals surface area contributed by atoms with Crippen molar-refractivity contribution in [3.63, 3.8) is 0 Å². The SMILES string of the molecule is O=C(CC1C=CCC1)Nc1cccc(N2CCCCC2=O)c1. The summed E-state index contributed by atoms with van der Waals surface area (Å²) < 4.78 is 0. The maximum Gasteiger partial charge on any atom is 0.226 e. The summed E-state index contributed by atoms with van der Waals surface area (Å²) >= 11 is 0. The summed E-state index contributed by atoms with van der Waals surface area (Å²) in [6, 6.07) is 7.59. The second-order valence-corrected chi connectivity index (χ2v) is 6.07. The minimum Gasteiger partial charge on any atom is -0.326 e. The lowest BCUT2D eigenvalue weighted by Crippen LogP contribution is -2.35. The zero-order valence-corrected chi connectivity index (χ0v) is 12.8. The zero-order valence-electron chi connectivity index (χ0n) is 12.8. The Labute approximate surface area is 131 Å². The molecule has 1 aromatic rings. The predicted molar refractivity (Wildman–Crippen MR) is 87.8 cm³/mol. The van der Waals surface area contributed by atoms with Gasteiger partial charge < -0.3 is 10.2 Å². The molecule has 0 radical (unpaired) electrons. The van der Waals surface area contributed by atoms with Crippen molar-refractivity contribution in [2.45, 2.75) is 38.5 Å². The molecule has 0 saturated carbocycles. The summed E-state index contributed by atoms with van der Waals surface area (Å²) in [5.74, 6) is 0.580. The molecule has 2 aliphatic rings. The molecule has 0 bridgehead atoms. The van der Waals surface area contributed by atoms with Crippen molar-refractivity contribution in [1.82, 2.24) is 0 Å². The first-order chi connectivity index (χ1) is 10.7. The minimum atomic E-state index is 0.0404. The van der Waals surface area contributed by atoms with Gasteiger partial charge >= 0.3 is 0 Å². The van der Waals surface area contributed by atoms with Crippen LogP contribution in [0.25, 0.3) is 0 Å². The summed E-state index contributed by atoms with van der Waals surface area (Å²) in [5, 5.41) is 2.95. The van der Waals surface area contributed by atoms with Gasteiger partial charge in [-0.05, 0) is 49.8 Å². The molecule has 2 amide bonds. The number of rotatable bonds is 4. The van der Waals surface area contributed by atoms with E-state index in [2.05, 4.69) is 17.5 Å². The number of nitrogens with one attached hydrogen (secondary N) is 1. The Kier molecular flexibility index (Phi) is 4.56. The lowest BCUT2D eigenvalue weighted by Gasteiger charge is -2.27. The smallest absolute Gasteiger partial charge is 0.226 e. The van der Waals surface area contributed by atoms with Crippen molar-refractivity contribution in [2.75, 3.05) is 16.8 Å². The Morgan fingerprint density at radius 3 is 3.00 bits per heavy atom. The first-order valence-electron chi connectivity index (χ1n) is 8.09. The van der Waals surface area contributed by atoms with Crippen LogP contribution >= 0.6 is 0 Å². The summed E-state index contributed by atoms with van der Waals surface area (Å²) in [5.41, 5.74) is 1.64. The van der Waals surface area contributed by atoms with E-state index < -0.39 is 0 Å². The number of carbonyl (C=O) groups is 2. The molecule has 4 nitrogen and oxygen atoms in total. The van der Waals surface area contributed by atoms with Crippen molar-refractivity contribution in [3.05, 3.63) is 36.4 Å². The van der Waals surface area contributed by atoms with Crippen molar-refractivity contribution in [3.8, 4) is 0 Å². The molecular weight excluding hydrogens is 276 g/mol. The molecule has 1 atom stereocenters. The molecule has 4 heteroatoms. The van der Waals surface area contributed by atoms with E-state index in [1.165, 1.54) is 0 Å². The Morgan fingerprint density at radius 2 is 2.23 bits per heavy atom. The monoisotopic (exact) mass is 298 g/mol. The maximum absolute atomic E-state index is 12.1. The molecular formula is C18H22N2O2. The van der Waals surface area contributed by atoms with Crippen LogP contribution in [0.3, 0.4) is 0 Å². The van der Waals surface area contributed by atoms with Gasteiger partial charge in [0.15, 0.2) is 0 Å². The lowest BCUT2D eigenvalue weighted by molar-refractivity contribution is -0.119. The molecule has 0 spiro atoms. The van der Waals surface area contributed by atoms with Gasteiger partial charge in [-0.25, -0.2) is 0 Å². The van der Waals surface area contributed by atoms with Gasteiger partial charge in [-0.3, -0.25) is 9.59 Å². The standard InChI is InChI=1S/C18H22N2O2/c21-17(12-14-6-1-2-7-14)19-15-8-5-9-16(13-15)20-11-4-3-10-18(20)22/h1,5-6,8-9,13-14H,2-4,7,10-12H2,(H,19,21). The van der Waals surface area contributed by atoms with E-state index in [1.54, 1.807) is 0 Å².